The van der Waals surface area contributed by atoms with E-state index in [4.69, 9.17) is 11.6 Å². The predicted octanol–water partition coefficient (Wildman–Crippen LogP) is 3.29. The average molecular weight is 387 g/mol. The largest absolute Gasteiger partial charge is 0.417 e. The van der Waals surface area contributed by atoms with Gasteiger partial charge in [0.25, 0.3) is 0 Å². The van der Waals surface area contributed by atoms with E-state index in [1.54, 1.807) is 0 Å². The van der Waals surface area contributed by atoms with Crippen molar-refractivity contribution in [2.45, 2.75) is 48.8 Å². The van der Waals surface area contributed by atoms with Crippen LogP contribution in [0.25, 0.3) is 0 Å². The van der Waals surface area contributed by atoms with E-state index in [2.05, 4.69) is 0 Å². The van der Waals surface area contributed by atoms with Crippen LogP contribution in [0.4, 0.5) is 13.2 Å². The minimum Gasteiger partial charge on any atom is -0.380 e. The van der Waals surface area contributed by atoms with Crippen molar-refractivity contribution in [1.82, 2.24) is 0 Å². The molecule has 1 atom stereocenters. The standard InChI is InChI=1S/C15H18ClF3O4S/c1-13(2,9-14(21,6-7-20)15(17,18)19)11-5-4-10(16)8-12(11)24(3,22)23/h4-5,7-8,21H,6,9H2,1-3H3/t14-/m0/s1. The van der Waals surface area contributed by atoms with E-state index < -0.39 is 39.9 Å². The van der Waals surface area contributed by atoms with Gasteiger partial charge in [-0.05, 0) is 29.5 Å². The molecule has 0 aliphatic heterocycles. The molecule has 1 aromatic carbocycles. The molecule has 24 heavy (non-hydrogen) atoms. The van der Waals surface area contributed by atoms with Crippen LogP contribution in [-0.4, -0.2) is 37.8 Å². The summed E-state index contributed by atoms with van der Waals surface area (Å²) in [6.07, 6.45) is -6.15. The van der Waals surface area contributed by atoms with Gasteiger partial charge < -0.3 is 9.90 Å². The lowest BCUT2D eigenvalue weighted by molar-refractivity contribution is -0.266. The van der Waals surface area contributed by atoms with Crippen LogP contribution in [-0.2, 0) is 20.0 Å². The topological polar surface area (TPSA) is 71.4 Å². The molecule has 136 valence electrons. The number of rotatable bonds is 6. The first-order chi connectivity index (χ1) is 10.6. The number of hydrogen-bond acceptors (Lipinski definition) is 4. The number of carbonyl (C=O) groups excluding carboxylic acids is 1. The van der Waals surface area contributed by atoms with Crippen molar-refractivity contribution in [3.63, 3.8) is 0 Å². The molecule has 1 rings (SSSR count). The number of sulfone groups is 1. The molecule has 0 fully saturated rings. The molecule has 0 saturated carbocycles. The third-order valence-corrected chi connectivity index (χ3v) is 5.13. The lowest BCUT2D eigenvalue weighted by atomic mass is 9.74. The van der Waals surface area contributed by atoms with E-state index in [1.165, 1.54) is 26.0 Å². The quantitative estimate of drug-likeness (QED) is 0.761. The Balaban J connectivity index is 3.48. The van der Waals surface area contributed by atoms with Gasteiger partial charge in [-0.25, -0.2) is 8.42 Å². The highest BCUT2D eigenvalue weighted by Crippen LogP contribution is 2.44. The van der Waals surface area contributed by atoms with Gasteiger partial charge in [-0.2, -0.15) is 13.2 Å². The summed E-state index contributed by atoms with van der Waals surface area (Å²) in [6, 6.07) is 3.83. The molecule has 0 radical (unpaired) electrons. The molecule has 1 aromatic rings. The molecule has 0 amide bonds. The third kappa shape index (κ3) is 4.49. The van der Waals surface area contributed by atoms with Crippen LogP contribution >= 0.6 is 11.6 Å². The number of halogens is 4. The van der Waals surface area contributed by atoms with Crippen molar-refractivity contribution in [3.05, 3.63) is 28.8 Å². The Bertz CT molecular complexity index is 729. The van der Waals surface area contributed by atoms with Crippen LogP contribution in [0.2, 0.25) is 5.02 Å². The van der Waals surface area contributed by atoms with Crippen molar-refractivity contribution in [3.8, 4) is 0 Å². The van der Waals surface area contributed by atoms with Gasteiger partial charge in [0.05, 0.1) is 4.90 Å². The van der Waals surface area contributed by atoms with E-state index in [0.717, 1.165) is 12.3 Å². The second-order valence-corrected chi connectivity index (χ2v) is 8.79. The SMILES string of the molecule is CC(C)(C[C@@](O)(CC=O)C(F)(F)F)c1ccc(Cl)cc1S(C)(=O)=O. The van der Waals surface area contributed by atoms with Crippen molar-refractivity contribution in [2.75, 3.05) is 6.26 Å². The van der Waals surface area contributed by atoms with E-state index >= 15 is 0 Å². The van der Waals surface area contributed by atoms with Crippen molar-refractivity contribution < 1.29 is 31.5 Å². The van der Waals surface area contributed by atoms with E-state index in [9.17, 15) is 31.5 Å². The molecule has 0 aliphatic carbocycles. The highest BCUT2D eigenvalue weighted by Gasteiger charge is 2.55. The number of aliphatic hydroxyl groups is 1. The Morgan fingerprint density at radius 1 is 1.25 bits per heavy atom. The minimum absolute atomic E-state index is 0.0110. The molecule has 0 bridgehead atoms. The molecule has 4 nitrogen and oxygen atoms in total. The monoisotopic (exact) mass is 386 g/mol. The summed E-state index contributed by atoms with van der Waals surface area (Å²) in [6.45, 7) is 2.73. The number of alkyl halides is 3. The number of carbonyl (C=O) groups is 1. The second-order valence-electron chi connectivity index (χ2n) is 6.37. The van der Waals surface area contributed by atoms with Gasteiger partial charge in [0.1, 0.15) is 6.29 Å². The minimum atomic E-state index is -5.04. The van der Waals surface area contributed by atoms with E-state index in [0.29, 0.717) is 0 Å². The van der Waals surface area contributed by atoms with Gasteiger partial charge in [0.15, 0.2) is 15.4 Å². The lowest BCUT2D eigenvalue weighted by Gasteiger charge is -2.37. The number of hydrogen-bond donors (Lipinski definition) is 1. The molecule has 1 N–H and O–H groups in total. The lowest BCUT2D eigenvalue weighted by Crippen LogP contribution is -2.49. The second kappa shape index (κ2) is 6.65. The Labute approximate surface area is 143 Å². The van der Waals surface area contributed by atoms with Crippen LogP contribution in [0.1, 0.15) is 32.3 Å². The van der Waals surface area contributed by atoms with Crippen LogP contribution in [0.3, 0.4) is 0 Å². The van der Waals surface area contributed by atoms with Crippen LogP contribution in [0.15, 0.2) is 23.1 Å². The van der Waals surface area contributed by atoms with Gasteiger partial charge in [-0.1, -0.05) is 31.5 Å². The first-order valence-corrected chi connectivity index (χ1v) is 9.14. The Morgan fingerprint density at radius 3 is 2.21 bits per heavy atom. The zero-order valence-corrected chi connectivity index (χ0v) is 14.9. The summed E-state index contributed by atoms with van der Waals surface area (Å²) >= 11 is 5.79. The first kappa shape index (κ1) is 20.9. The fourth-order valence-electron chi connectivity index (χ4n) is 2.61. The normalized spacial score (nSPS) is 15.8. The smallest absolute Gasteiger partial charge is 0.380 e. The Kier molecular flexibility index (Phi) is 5.80. The molecular weight excluding hydrogens is 369 g/mol. The zero-order chi connectivity index (χ0) is 19.0. The summed E-state index contributed by atoms with van der Waals surface area (Å²) in [4.78, 5) is 10.4. The van der Waals surface area contributed by atoms with Crippen LogP contribution < -0.4 is 0 Å². The number of benzene rings is 1. The van der Waals surface area contributed by atoms with Gasteiger partial charge in [0.2, 0.25) is 0 Å². The maximum absolute atomic E-state index is 13.2. The van der Waals surface area contributed by atoms with Gasteiger partial charge in [-0.3, -0.25) is 0 Å². The summed E-state index contributed by atoms with van der Waals surface area (Å²) in [7, 11) is -3.76. The van der Waals surface area contributed by atoms with Gasteiger partial charge in [0, 0.05) is 17.7 Å². The summed E-state index contributed by atoms with van der Waals surface area (Å²) in [5.74, 6) is 0. The average Bonchev–Trinajstić information content (AvgIpc) is 2.35. The fraction of sp³-hybridized carbons (Fsp3) is 0.533. The Morgan fingerprint density at radius 2 is 1.79 bits per heavy atom. The highest BCUT2D eigenvalue weighted by atomic mass is 35.5. The van der Waals surface area contributed by atoms with Gasteiger partial charge in [-0.15, -0.1) is 0 Å². The van der Waals surface area contributed by atoms with E-state index in [1.807, 2.05) is 0 Å². The summed E-state index contributed by atoms with van der Waals surface area (Å²) in [5.41, 5.74) is -4.56. The van der Waals surface area contributed by atoms with Gasteiger partial charge >= 0.3 is 6.18 Å². The maximum atomic E-state index is 13.2. The zero-order valence-electron chi connectivity index (χ0n) is 13.3. The summed E-state index contributed by atoms with van der Waals surface area (Å²) in [5, 5.41) is 10.1. The fourth-order valence-corrected chi connectivity index (χ4v) is 3.94. The predicted molar refractivity (Wildman–Crippen MR) is 83.9 cm³/mol. The van der Waals surface area contributed by atoms with Crippen molar-refractivity contribution >= 4 is 27.7 Å². The molecule has 0 heterocycles. The van der Waals surface area contributed by atoms with Crippen molar-refractivity contribution in [2.24, 2.45) is 0 Å². The molecule has 0 aliphatic rings. The molecule has 0 aromatic heterocycles. The summed E-state index contributed by atoms with van der Waals surface area (Å²) < 4.78 is 63.4. The molecule has 0 unspecified atom stereocenters. The number of aldehydes is 1. The first-order valence-electron chi connectivity index (χ1n) is 6.87. The molecular formula is C15H18ClF3O4S. The molecule has 0 saturated heterocycles. The van der Waals surface area contributed by atoms with Crippen molar-refractivity contribution in [1.29, 1.82) is 0 Å². The molecule has 0 spiro atoms. The molecule has 9 heteroatoms. The third-order valence-electron chi connectivity index (χ3n) is 3.76. The highest BCUT2D eigenvalue weighted by molar-refractivity contribution is 7.90. The van der Waals surface area contributed by atoms with Crippen LogP contribution in [0.5, 0.6) is 0 Å². The van der Waals surface area contributed by atoms with E-state index in [-0.39, 0.29) is 21.8 Å². The van der Waals surface area contributed by atoms with Crippen LogP contribution in [0, 0.1) is 0 Å². The maximum Gasteiger partial charge on any atom is 0.417 e. The Hall–Kier alpha value is -1.12.